The highest BCUT2D eigenvalue weighted by atomic mass is 16.6. The Morgan fingerprint density at radius 1 is 1.60 bits per heavy atom. The Kier molecular flexibility index (Phi) is 5.15. The summed E-state index contributed by atoms with van der Waals surface area (Å²) in [5, 5.41) is 19.7. The van der Waals surface area contributed by atoms with Crippen molar-refractivity contribution in [2.24, 2.45) is 0 Å². The molecule has 1 N–H and O–H groups in total. The van der Waals surface area contributed by atoms with E-state index in [0.29, 0.717) is 4.90 Å². The summed E-state index contributed by atoms with van der Waals surface area (Å²) in [4.78, 5) is 36.9. The van der Waals surface area contributed by atoms with Gasteiger partial charge in [-0.25, -0.2) is 4.79 Å². The standard InChI is InChI=1S/C11H11N3O6/c1-2-5-20-11(17)13(7-10(15)16)8-3-4-12-6-9(8)14(18)19/h2-4,6H,1,5,7H2,(H,15,16). The lowest BCUT2D eigenvalue weighted by molar-refractivity contribution is -0.384. The molecule has 9 heteroatoms. The van der Waals surface area contributed by atoms with Crippen LogP contribution in [0, 0.1) is 10.1 Å². The molecule has 0 saturated carbocycles. The summed E-state index contributed by atoms with van der Waals surface area (Å²) in [6.07, 6.45) is 2.39. The predicted octanol–water partition coefficient (Wildman–Crippen LogP) is 1.20. The molecule has 0 spiro atoms. The number of pyridine rings is 1. The number of aliphatic carboxylic acids is 1. The van der Waals surface area contributed by atoms with Gasteiger partial charge in [0.1, 0.15) is 25.0 Å². The second kappa shape index (κ2) is 6.83. The maximum atomic E-state index is 11.8. The first-order valence-electron chi connectivity index (χ1n) is 5.32. The molecule has 0 unspecified atom stereocenters. The number of hydrogen-bond donors (Lipinski definition) is 1. The van der Waals surface area contributed by atoms with Gasteiger partial charge >= 0.3 is 17.7 Å². The molecule has 1 aromatic heterocycles. The maximum Gasteiger partial charge on any atom is 0.415 e. The highest BCUT2D eigenvalue weighted by Crippen LogP contribution is 2.26. The second-order valence-corrected chi connectivity index (χ2v) is 3.47. The molecule has 0 bridgehead atoms. The molecule has 9 nitrogen and oxygen atoms in total. The van der Waals surface area contributed by atoms with E-state index in [1.54, 1.807) is 0 Å². The second-order valence-electron chi connectivity index (χ2n) is 3.47. The number of carboxylic acid groups (broad SMARTS) is 1. The molecule has 20 heavy (non-hydrogen) atoms. The minimum Gasteiger partial charge on any atom is -0.480 e. The van der Waals surface area contributed by atoms with Crippen molar-refractivity contribution in [2.45, 2.75) is 0 Å². The quantitative estimate of drug-likeness (QED) is 0.472. The molecule has 0 aromatic carbocycles. The molecule has 1 rings (SSSR count). The maximum absolute atomic E-state index is 11.8. The van der Waals surface area contributed by atoms with Crippen LogP contribution in [0.25, 0.3) is 0 Å². The topological polar surface area (TPSA) is 123 Å². The SMILES string of the molecule is C=CCOC(=O)N(CC(=O)O)c1ccncc1[N+](=O)[O-]. The first-order valence-corrected chi connectivity index (χ1v) is 5.32. The van der Waals surface area contributed by atoms with Gasteiger partial charge in [-0.3, -0.25) is 24.8 Å². The summed E-state index contributed by atoms with van der Waals surface area (Å²) < 4.78 is 4.71. The molecule has 0 fully saturated rings. The lowest BCUT2D eigenvalue weighted by atomic mass is 10.3. The van der Waals surface area contributed by atoms with E-state index in [9.17, 15) is 19.7 Å². The summed E-state index contributed by atoms with van der Waals surface area (Å²) in [5.41, 5.74) is -0.703. The summed E-state index contributed by atoms with van der Waals surface area (Å²) in [7, 11) is 0. The molecule has 0 aliphatic heterocycles. The zero-order chi connectivity index (χ0) is 15.1. The van der Waals surface area contributed by atoms with Crippen molar-refractivity contribution < 1.29 is 24.4 Å². The molecular weight excluding hydrogens is 270 g/mol. The third kappa shape index (κ3) is 3.77. The fourth-order valence-corrected chi connectivity index (χ4v) is 1.34. The van der Waals surface area contributed by atoms with Gasteiger partial charge in [0.2, 0.25) is 0 Å². The Bertz CT molecular complexity index is 545. The van der Waals surface area contributed by atoms with E-state index in [-0.39, 0.29) is 12.3 Å². The monoisotopic (exact) mass is 281 g/mol. The van der Waals surface area contributed by atoms with Crippen LogP contribution in [0.4, 0.5) is 16.2 Å². The van der Waals surface area contributed by atoms with Crippen molar-refractivity contribution in [1.29, 1.82) is 0 Å². The van der Waals surface area contributed by atoms with Crippen molar-refractivity contribution in [3.05, 3.63) is 41.2 Å². The first-order chi connectivity index (χ1) is 9.47. The number of carbonyl (C=O) groups excluding carboxylic acids is 1. The molecular formula is C11H11N3O6. The number of carbonyl (C=O) groups is 2. The van der Waals surface area contributed by atoms with Gasteiger partial charge in [0.05, 0.1) is 4.92 Å². The lowest BCUT2D eigenvalue weighted by Crippen LogP contribution is -2.36. The number of aromatic nitrogens is 1. The fraction of sp³-hybridized carbons (Fsp3) is 0.182. The molecule has 0 saturated heterocycles. The summed E-state index contributed by atoms with van der Waals surface area (Å²) in [5.74, 6) is -1.34. The van der Waals surface area contributed by atoms with Crippen LogP contribution < -0.4 is 4.90 Å². The zero-order valence-corrected chi connectivity index (χ0v) is 10.3. The lowest BCUT2D eigenvalue weighted by Gasteiger charge is -2.19. The summed E-state index contributed by atoms with van der Waals surface area (Å²) in [6.45, 7) is 2.42. The Hall–Kier alpha value is -2.97. The third-order valence-electron chi connectivity index (χ3n) is 2.10. The molecule has 1 heterocycles. The third-order valence-corrected chi connectivity index (χ3v) is 2.10. The number of hydrogen-bond acceptors (Lipinski definition) is 6. The van der Waals surface area contributed by atoms with Crippen molar-refractivity contribution in [2.75, 3.05) is 18.1 Å². The van der Waals surface area contributed by atoms with Crippen molar-refractivity contribution in [1.82, 2.24) is 4.98 Å². The van der Waals surface area contributed by atoms with E-state index in [0.717, 1.165) is 12.3 Å². The first kappa shape index (κ1) is 15.1. The minimum absolute atomic E-state index is 0.145. The van der Waals surface area contributed by atoms with Crippen molar-refractivity contribution in [3.63, 3.8) is 0 Å². The van der Waals surface area contributed by atoms with E-state index >= 15 is 0 Å². The molecule has 0 aliphatic carbocycles. The number of ether oxygens (including phenoxy) is 1. The Morgan fingerprint density at radius 2 is 2.30 bits per heavy atom. The Morgan fingerprint density at radius 3 is 2.85 bits per heavy atom. The van der Waals surface area contributed by atoms with Crippen LogP contribution in [0.1, 0.15) is 0 Å². The average Bonchev–Trinajstić information content (AvgIpc) is 2.41. The van der Waals surface area contributed by atoms with Crippen LogP contribution in [0.5, 0.6) is 0 Å². The van der Waals surface area contributed by atoms with Crippen LogP contribution in [-0.4, -0.2) is 40.2 Å². The van der Waals surface area contributed by atoms with Gasteiger partial charge in [-0.2, -0.15) is 0 Å². The van der Waals surface area contributed by atoms with Gasteiger partial charge in [-0.15, -0.1) is 0 Å². The molecule has 1 amide bonds. The fourth-order valence-electron chi connectivity index (χ4n) is 1.34. The van der Waals surface area contributed by atoms with Crippen molar-refractivity contribution in [3.8, 4) is 0 Å². The number of carboxylic acids is 1. The molecule has 0 atom stereocenters. The number of nitro groups is 1. The van der Waals surface area contributed by atoms with Gasteiger partial charge in [0, 0.05) is 6.20 Å². The molecule has 106 valence electrons. The van der Waals surface area contributed by atoms with Gasteiger partial charge in [0.25, 0.3) is 0 Å². The molecule has 0 aliphatic rings. The number of rotatable bonds is 6. The van der Waals surface area contributed by atoms with Crippen LogP contribution in [-0.2, 0) is 9.53 Å². The number of nitrogens with zero attached hydrogens (tertiary/aromatic N) is 3. The summed E-state index contributed by atoms with van der Waals surface area (Å²) >= 11 is 0. The van der Waals surface area contributed by atoms with Crippen LogP contribution in [0.15, 0.2) is 31.1 Å². The van der Waals surface area contributed by atoms with Gasteiger partial charge < -0.3 is 9.84 Å². The van der Waals surface area contributed by atoms with E-state index in [1.807, 2.05) is 0 Å². The Labute approximate surface area is 113 Å². The highest BCUT2D eigenvalue weighted by molar-refractivity contribution is 5.95. The average molecular weight is 281 g/mol. The number of anilines is 1. The van der Waals surface area contributed by atoms with E-state index in [1.165, 1.54) is 12.3 Å². The Balaban J connectivity index is 3.16. The van der Waals surface area contributed by atoms with Gasteiger partial charge in [0.15, 0.2) is 0 Å². The van der Waals surface area contributed by atoms with E-state index in [4.69, 9.17) is 9.84 Å². The van der Waals surface area contributed by atoms with E-state index < -0.39 is 29.2 Å². The van der Waals surface area contributed by atoms with Crippen LogP contribution in [0.3, 0.4) is 0 Å². The zero-order valence-electron chi connectivity index (χ0n) is 10.3. The van der Waals surface area contributed by atoms with Crippen LogP contribution >= 0.6 is 0 Å². The molecule has 0 radical (unpaired) electrons. The smallest absolute Gasteiger partial charge is 0.415 e. The summed E-state index contributed by atoms with van der Waals surface area (Å²) in [6, 6.07) is 1.16. The van der Waals surface area contributed by atoms with Crippen LogP contribution in [0.2, 0.25) is 0 Å². The van der Waals surface area contributed by atoms with Crippen molar-refractivity contribution >= 4 is 23.4 Å². The normalized spacial score (nSPS) is 9.60. The largest absolute Gasteiger partial charge is 0.480 e. The molecule has 1 aromatic rings. The van der Waals surface area contributed by atoms with Gasteiger partial charge in [-0.1, -0.05) is 12.7 Å². The number of amides is 1. The van der Waals surface area contributed by atoms with Gasteiger partial charge in [-0.05, 0) is 6.07 Å². The van der Waals surface area contributed by atoms with E-state index in [2.05, 4.69) is 11.6 Å². The predicted molar refractivity (Wildman–Crippen MR) is 67.4 cm³/mol. The highest BCUT2D eigenvalue weighted by Gasteiger charge is 2.27. The minimum atomic E-state index is -1.34.